The van der Waals surface area contributed by atoms with Crippen LogP contribution in [0.2, 0.25) is 0 Å². The van der Waals surface area contributed by atoms with Crippen molar-refractivity contribution in [3.63, 3.8) is 0 Å². The van der Waals surface area contributed by atoms with Gasteiger partial charge < -0.3 is 30.1 Å². The lowest BCUT2D eigenvalue weighted by Crippen LogP contribution is -2.54. The van der Waals surface area contributed by atoms with Crippen molar-refractivity contribution in [1.29, 1.82) is 0 Å². The van der Waals surface area contributed by atoms with Gasteiger partial charge in [0, 0.05) is 31.9 Å². The average molecular weight is 392 g/mol. The van der Waals surface area contributed by atoms with E-state index in [9.17, 15) is 9.90 Å². The largest absolute Gasteiger partial charge is 0.494 e. The number of nitrogens with one attached hydrogen (secondary N) is 1. The lowest BCUT2D eigenvalue weighted by atomic mass is 9.73. The standard InChI is InChI=1S/C21H33N3O4/c1-4-28-18-7-5-16(6-8-18)24-12-15-9-21(2,3)19(24)13-23(11-15)20(27)22-10-17(26)14-25/h5-8,15,17,19,25-26H,4,9-14H2,1-3H3,(H,22,27)/t15-,17-,19?/m1/s1. The monoisotopic (exact) mass is 391 g/mol. The van der Waals surface area contributed by atoms with Gasteiger partial charge in [-0.2, -0.15) is 0 Å². The molecule has 7 heteroatoms. The molecule has 1 unspecified atom stereocenters. The van der Waals surface area contributed by atoms with E-state index in [4.69, 9.17) is 9.84 Å². The maximum atomic E-state index is 12.6. The first kappa shape index (κ1) is 20.7. The van der Waals surface area contributed by atoms with Crippen molar-refractivity contribution < 1.29 is 19.7 Å². The van der Waals surface area contributed by atoms with E-state index in [0.29, 0.717) is 25.6 Å². The minimum absolute atomic E-state index is 0.0627. The number of nitrogens with zero attached hydrogens (tertiary/aromatic N) is 2. The molecular weight excluding hydrogens is 358 g/mol. The highest BCUT2D eigenvalue weighted by atomic mass is 16.5. The van der Waals surface area contributed by atoms with Gasteiger partial charge in [0.1, 0.15) is 5.75 Å². The molecule has 3 fully saturated rings. The Morgan fingerprint density at radius 3 is 2.64 bits per heavy atom. The van der Waals surface area contributed by atoms with E-state index >= 15 is 0 Å². The van der Waals surface area contributed by atoms with Crippen LogP contribution in [0.5, 0.6) is 5.75 Å². The number of ether oxygens (including phenoxy) is 1. The molecule has 0 spiro atoms. The second-order valence-electron chi connectivity index (χ2n) is 8.58. The minimum Gasteiger partial charge on any atom is -0.494 e. The lowest BCUT2D eigenvalue weighted by molar-refractivity contribution is 0.0938. The second-order valence-corrected chi connectivity index (χ2v) is 8.58. The number of rotatable bonds is 6. The third-order valence-electron chi connectivity index (χ3n) is 5.89. The van der Waals surface area contributed by atoms with Crippen molar-refractivity contribution in [1.82, 2.24) is 10.2 Å². The van der Waals surface area contributed by atoms with Crippen LogP contribution in [0.25, 0.3) is 0 Å². The van der Waals surface area contributed by atoms with Crippen LogP contribution in [0, 0.1) is 11.3 Å². The minimum atomic E-state index is -0.926. The van der Waals surface area contributed by atoms with Crippen LogP contribution in [-0.2, 0) is 0 Å². The van der Waals surface area contributed by atoms with Crippen molar-refractivity contribution in [2.45, 2.75) is 39.3 Å². The van der Waals surface area contributed by atoms with Gasteiger partial charge in [0.15, 0.2) is 0 Å². The molecule has 1 aromatic rings. The SMILES string of the molecule is CCOc1ccc(N2C[C@H]3CN(C(=O)NC[C@@H](O)CO)CC2C(C)(C)C3)cc1. The van der Waals surface area contributed by atoms with Gasteiger partial charge >= 0.3 is 6.03 Å². The number of fused-ring (bicyclic) bond motifs is 4. The van der Waals surface area contributed by atoms with Crippen LogP contribution in [0.4, 0.5) is 10.5 Å². The summed E-state index contributed by atoms with van der Waals surface area (Å²) in [6, 6.07) is 8.25. The summed E-state index contributed by atoms with van der Waals surface area (Å²) in [5.74, 6) is 1.25. The molecule has 0 saturated carbocycles. The first-order valence-electron chi connectivity index (χ1n) is 10.1. The molecule has 0 aliphatic carbocycles. The maximum absolute atomic E-state index is 12.6. The number of piperidine rings is 1. The molecule has 28 heavy (non-hydrogen) atoms. The Bertz CT molecular complexity index is 664. The van der Waals surface area contributed by atoms with E-state index < -0.39 is 6.10 Å². The molecule has 156 valence electrons. The summed E-state index contributed by atoms with van der Waals surface area (Å²) < 4.78 is 5.56. The summed E-state index contributed by atoms with van der Waals surface area (Å²) >= 11 is 0. The number of benzene rings is 1. The predicted molar refractivity (Wildman–Crippen MR) is 109 cm³/mol. The van der Waals surface area contributed by atoms with E-state index in [1.165, 1.54) is 0 Å². The maximum Gasteiger partial charge on any atom is 0.317 e. The summed E-state index contributed by atoms with van der Waals surface area (Å²) in [5, 5.41) is 21.2. The topological polar surface area (TPSA) is 85.3 Å². The third-order valence-corrected chi connectivity index (χ3v) is 5.89. The zero-order valence-corrected chi connectivity index (χ0v) is 17.1. The van der Waals surface area contributed by atoms with Crippen molar-refractivity contribution >= 4 is 11.7 Å². The van der Waals surface area contributed by atoms with Gasteiger partial charge in [0.25, 0.3) is 0 Å². The molecule has 4 rings (SSSR count). The Morgan fingerprint density at radius 2 is 2.00 bits per heavy atom. The van der Waals surface area contributed by atoms with E-state index in [2.05, 4.69) is 36.2 Å². The fourth-order valence-corrected chi connectivity index (χ4v) is 4.57. The van der Waals surface area contributed by atoms with Crippen LogP contribution in [0.1, 0.15) is 27.2 Å². The Kier molecular flexibility index (Phi) is 6.35. The fourth-order valence-electron chi connectivity index (χ4n) is 4.57. The lowest BCUT2D eigenvalue weighted by Gasteiger charge is -2.48. The number of hydrogen-bond acceptors (Lipinski definition) is 5. The molecule has 3 saturated heterocycles. The highest BCUT2D eigenvalue weighted by Crippen LogP contribution is 2.43. The number of aliphatic hydroxyl groups excluding tert-OH is 2. The second kappa shape index (κ2) is 8.57. The Hall–Kier alpha value is -1.99. The van der Waals surface area contributed by atoms with E-state index in [1.54, 1.807) is 0 Å². The molecule has 3 N–H and O–H groups in total. The van der Waals surface area contributed by atoms with Crippen LogP contribution >= 0.6 is 0 Å². The normalized spacial score (nSPS) is 24.6. The predicted octanol–water partition coefficient (Wildman–Crippen LogP) is 1.68. The molecule has 3 aliphatic rings. The Balaban J connectivity index is 1.76. The van der Waals surface area contributed by atoms with Gasteiger partial charge in [-0.3, -0.25) is 0 Å². The molecule has 3 atom stereocenters. The van der Waals surface area contributed by atoms with Crippen molar-refractivity contribution in [2.75, 3.05) is 44.3 Å². The number of amides is 2. The Morgan fingerprint density at radius 1 is 1.29 bits per heavy atom. The molecular formula is C21H33N3O4. The van der Waals surface area contributed by atoms with Crippen LogP contribution in [0.3, 0.4) is 0 Å². The number of carbonyl (C=O) groups excluding carboxylic acids is 1. The van der Waals surface area contributed by atoms with Crippen LogP contribution in [0.15, 0.2) is 24.3 Å². The van der Waals surface area contributed by atoms with Gasteiger partial charge in [-0.1, -0.05) is 13.8 Å². The smallest absolute Gasteiger partial charge is 0.317 e. The van der Waals surface area contributed by atoms with Gasteiger partial charge in [-0.15, -0.1) is 0 Å². The number of hydrogen-bond donors (Lipinski definition) is 3. The van der Waals surface area contributed by atoms with Crippen LogP contribution in [-0.4, -0.2) is 72.7 Å². The van der Waals surface area contributed by atoms with E-state index in [1.807, 2.05) is 24.0 Å². The fraction of sp³-hybridized carbons (Fsp3) is 0.667. The highest BCUT2D eigenvalue weighted by Gasteiger charge is 2.46. The van der Waals surface area contributed by atoms with Crippen LogP contribution < -0.4 is 15.0 Å². The van der Waals surface area contributed by atoms with Gasteiger partial charge in [-0.05, 0) is 48.9 Å². The average Bonchev–Trinajstić information content (AvgIpc) is 2.93. The molecule has 0 aromatic heterocycles. The van der Waals surface area contributed by atoms with Gasteiger partial charge in [0.2, 0.25) is 0 Å². The zero-order chi connectivity index (χ0) is 20.3. The summed E-state index contributed by atoms with van der Waals surface area (Å²) in [6.45, 7) is 9.15. The van der Waals surface area contributed by atoms with Crippen molar-refractivity contribution in [2.24, 2.45) is 11.3 Å². The molecule has 1 aromatic carbocycles. The van der Waals surface area contributed by atoms with E-state index in [0.717, 1.165) is 24.4 Å². The van der Waals surface area contributed by atoms with E-state index in [-0.39, 0.29) is 30.6 Å². The summed E-state index contributed by atoms with van der Waals surface area (Å²) in [4.78, 5) is 16.9. The Labute approximate surface area is 167 Å². The third kappa shape index (κ3) is 4.52. The summed E-state index contributed by atoms with van der Waals surface area (Å²) in [6.07, 6.45) is 0.151. The first-order valence-corrected chi connectivity index (χ1v) is 10.1. The van der Waals surface area contributed by atoms with Gasteiger partial charge in [-0.25, -0.2) is 4.79 Å². The van der Waals surface area contributed by atoms with Gasteiger partial charge in [0.05, 0.1) is 25.4 Å². The molecule has 3 heterocycles. The van der Waals surface area contributed by atoms with Crippen molar-refractivity contribution in [3.8, 4) is 5.75 Å². The zero-order valence-electron chi connectivity index (χ0n) is 17.1. The number of anilines is 1. The molecule has 0 radical (unpaired) electrons. The molecule has 7 nitrogen and oxygen atoms in total. The number of urea groups is 1. The quantitative estimate of drug-likeness (QED) is 0.687. The molecule has 2 amide bonds. The number of carbonyl (C=O) groups is 1. The first-order chi connectivity index (χ1) is 13.3. The molecule has 3 aliphatic heterocycles. The van der Waals surface area contributed by atoms with Crippen molar-refractivity contribution in [3.05, 3.63) is 24.3 Å². The summed E-state index contributed by atoms with van der Waals surface area (Å²) in [7, 11) is 0. The highest BCUT2D eigenvalue weighted by molar-refractivity contribution is 5.74. The summed E-state index contributed by atoms with van der Waals surface area (Å²) in [5.41, 5.74) is 1.24. The molecule has 2 bridgehead atoms. The number of aliphatic hydroxyl groups is 2.